The topological polar surface area (TPSA) is 95.6 Å². The lowest BCUT2D eigenvalue weighted by atomic mass is 10.3. The quantitative estimate of drug-likeness (QED) is 0.771. The Labute approximate surface area is 113 Å². The summed E-state index contributed by atoms with van der Waals surface area (Å²) in [5.74, 6) is -0.957. The molecule has 8 nitrogen and oxygen atoms in total. The Morgan fingerprint density at radius 3 is 2.45 bits per heavy atom. The molecule has 0 aliphatic rings. The zero-order valence-corrected chi connectivity index (χ0v) is 11.5. The number of alkyl halides is 2. The molecular weight excluding hydrogens is 294 g/mol. The van der Waals surface area contributed by atoms with E-state index < -0.39 is 27.7 Å². The smallest absolute Gasteiger partial charge is 0.251 e. The Kier molecular flexibility index (Phi) is 3.79. The van der Waals surface area contributed by atoms with Gasteiger partial charge < -0.3 is 0 Å². The van der Waals surface area contributed by atoms with Gasteiger partial charge in [-0.15, -0.1) is 10.2 Å². The summed E-state index contributed by atoms with van der Waals surface area (Å²) < 4.78 is 51.8. The van der Waals surface area contributed by atoms with Crippen molar-refractivity contribution in [3.05, 3.63) is 23.3 Å². The second-order valence-electron chi connectivity index (χ2n) is 4.23. The lowest BCUT2D eigenvalue weighted by Gasteiger charge is -2.05. The highest BCUT2D eigenvalue weighted by atomic mass is 32.2. The van der Waals surface area contributed by atoms with E-state index >= 15 is 0 Å². The highest BCUT2D eigenvalue weighted by Gasteiger charge is 2.25. The number of hydrogen-bond acceptors (Lipinski definition) is 6. The lowest BCUT2D eigenvalue weighted by Crippen LogP contribution is -2.12. The van der Waals surface area contributed by atoms with Crippen LogP contribution in [0.3, 0.4) is 0 Å². The molecule has 2 rings (SSSR count). The summed E-state index contributed by atoms with van der Waals surface area (Å²) in [7, 11) is -0.839. The SMILES string of the molecule is Cn1nncc1CS(=O)(=O)Cc1nnn(C)c1C(F)F. The van der Waals surface area contributed by atoms with Gasteiger partial charge in [-0.3, -0.25) is 4.68 Å². The number of rotatable bonds is 5. The number of aryl methyl sites for hydroxylation is 2. The maximum Gasteiger partial charge on any atom is 0.281 e. The minimum atomic E-state index is -3.67. The van der Waals surface area contributed by atoms with Crippen LogP contribution < -0.4 is 0 Å². The summed E-state index contributed by atoms with van der Waals surface area (Å²) in [5, 5.41) is 14.1. The van der Waals surface area contributed by atoms with E-state index in [4.69, 9.17) is 0 Å². The molecule has 2 aromatic rings. The number of hydrogen-bond donors (Lipinski definition) is 0. The fraction of sp³-hybridized carbons (Fsp3) is 0.556. The highest BCUT2D eigenvalue weighted by molar-refractivity contribution is 7.89. The van der Waals surface area contributed by atoms with Crippen molar-refractivity contribution in [3.8, 4) is 0 Å². The van der Waals surface area contributed by atoms with E-state index in [-0.39, 0.29) is 11.4 Å². The van der Waals surface area contributed by atoms with Crippen molar-refractivity contribution in [2.24, 2.45) is 14.1 Å². The third-order valence-electron chi connectivity index (χ3n) is 2.68. The van der Waals surface area contributed by atoms with E-state index in [9.17, 15) is 17.2 Å². The second-order valence-corrected chi connectivity index (χ2v) is 6.29. The molecule has 11 heteroatoms. The fourth-order valence-electron chi connectivity index (χ4n) is 1.70. The molecule has 0 fully saturated rings. The van der Waals surface area contributed by atoms with Crippen molar-refractivity contribution < 1.29 is 17.2 Å². The molecule has 0 amide bonds. The monoisotopic (exact) mass is 306 g/mol. The minimum absolute atomic E-state index is 0.238. The molecule has 0 aliphatic carbocycles. The first kappa shape index (κ1) is 14.5. The first-order valence-electron chi connectivity index (χ1n) is 5.51. The van der Waals surface area contributed by atoms with Gasteiger partial charge in [-0.2, -0.15) is 0 Å². The van der Waals surface area contributed by atoms with Gasteiger partial charge in [0.15, 0.2) is 9.84 Å². The zero-order valence-electron chi connectivity index (χ0n) is 10.7. The summed E-state index contributed by atoms with van der Waals surface area (Å²) in [6.07, 6.45) is -1.53. The third kappa shape index (κ3) is 2.98. The van der Waals surface area contributed by atoms with Gasteiger partial charge in [0.05, 0.1) is 23.4 Å². The number of sulfone groups is 1. The molecule has 2 heterocycles. The number of nitrogens with zero attached hydrogens (tertiary/aromatic N) is 6. The molecule has 110 valence electrons. The van der Waals surface area contributed by atoms with Crippen LogP contribution in [0.25, 0.3) is 0 Å². The van der Waals surface area contributed by atoms with Gasteiger partial charge in [0, 0.05) is 14.1 Å². The molecular formula is C9H12F2N6O2S. The van der Waals surface area contributed by atoms with Crippen molar-refractivity contribution in [3.63, 3.8) is 0 Å². The summed E-state index contributed by atoms with van der Waals surface area (Å²) in [6.45, 7) is 0. The molecule has 0 N–H and O–H groups in total. The molecule has 0 bridgehead atoms. The minimum Gasteiger partial charge on any atom is -0.251 e. The Morgan fingerprint density at radius 2 is 1.90 bits per heavy atom. The van der Waals surface area contributed by atoms with Gasteiger partial charge in [-0.05, 0) is 0 Å². The van der Waals surface area contributed by atoms with Crippen molar-refractivity contribution in [2.45, 2.75) is 17.9 Å². The molecule has 0 radical (unpaired) electrons. The zero-order chi connectivity index (χ0) is 14.9. The van der Waals surface area contributed by atoms with Gasteiger partial charge in [-0.1, -0.05) is 10.4 Å². The van der Waals surface area contributed by atoms with Crippen molar-refractivity contribution in [1.29, 1.82) is 0 Å². The van der Waals surface area contributed by atoms with E-state index in [1.807, 2.05) is 0 Å². The Balaban J connectivity index is 2.23. The Bertz CT molecular complexity index is 708. The van der Waals surface area contributed by atoms with Gasteiger partial charge in [0.1, 0.15) is 11.4 Å². The maximum atomic E-state index is 12.8. The second kappa shape index (κ2) is 5.23. The standard InChI is InChI=1S/C9H12F2N6O2S/c1-16-6(3-12-14-16)4-20(18,19)5-7-8(9(10)11)17(2)15-13-7/h3,9H,4-5H2,1-2H3. The molecule has 0 saturated carbocycles. The van der Waals surface area contributed by atoms with Crippen LogP contribution in [0.1, 0.15) is 23.5 Å². The predicted octanol–water partition coefficient (Wildman–Crippen LogP) is -0.00380. The molecule has 0 atom stereocenters. The lowest BCUT2D eigenvalue weighted by molar-refractivity contribution is 0.140. The van der Waals surface area contributed by atoms with E-state index in [0.29, 0.717) is 5.69 Å². The van der Waals surface area contributed by atoms with Crippen LogP contribution in [0.15, 0.2) is 6.20 Å². The summed E-state index contributed by atoms with van der Waals surface area (Å²) >= 11 is 0. The van der Waals surface area contributed by atoms with Gasteiger partial charge in [0.25, 0.3) is 6.43 Å². The normalized spacial score (nSPS) is 12.2. The molecule has 2 aromatic heterocycles. The van der Waals surface area contributed by atoms with E-state index in [1.54, 1.807) is 7.05 Å². The number of aromatic nitrogens is 6. The third-order valence-corrected chi connectivity index (χ3v) is 4.13. The van der Waals surface area contributed by atoms with Crippen molar-refractivity contribution in [2.75, 3.05) is 0 Å². The van der Waals surface area contributed by atoms with E-state index in [0.717, 1.165) is 4.68 Å². The molecule has 0 spiro atoms. The van der Waals surface area contributed by atoms with E-state index in [2.05, 4.69) is 20.6 Å². The average molecular weight is 306 g/mol. The van der Waals surface area contributed by atoms with Crippen LogP contribution in [0.4, 0.5) is 8.78 Å². The summed E-state index contributed by atoms with van der Waals surface area (Å²) in [6, 6.07) is 0. The van der Waals surface area contributed by atoms with Crippen LogP contribution in [-0.2, 0) is 35.4 Å². The van der Waals surface area contributed by atoms with Gasteiger partial charge in [-0.25, -0.2) is 21.9 Å². The maximum absolute atomic E-state index is 12.8. The molecule has 0 aliphatic heterocycles. The number of halogens is 2. The fourth-order valence-corrected chi connectivity index (χ4v) is 3.14. The van der Waals surface area contributed by atoms with Crippen LogP contribution in [0, 0.1) is 0 Å². The van der Waals surface area contributed by atoms with E-state index in [1.165, 1.54) is 17.9 Å². The average Bonchev–Trinajstić information content (AvgIpc) is 2.85. The summed E-state index contributed by atoms with van der Waals surface area (Å²) in [4.78, 5) is 0. The summed E-state index contributed by atoms with van der Waals surface area (Å²) in [5.41, 5.74) is -0.359. The molecule has 20 heavy (non-hydrogen) atoms. The van der Waals surface area contributed by atoms with Crippen molar-refractivity contribution in [1.82, 2.24) is 30.0 Å². The Morgan fingerprint density at radius 1 is 1.20 bits per heavy atom. The first-order valence-corrected chi connectivity index (χ1v) is 7.33. The predicted molar refractivity (Wildman–Crippen MR) is 63.3 cm³/mol. The Hall–Kier alpha value is -1.91. The molecule has 0 unspecified atom stereocenters. The van der Waals surface area contributed by atoms with Crippen LogP contribution >= 0.6 is 0 Å². The van der Waals surface area contributed by atoms with Crippen molar-refractivity contribution >= 4 is 9.84 Å². The molecule has 0 aromatic carbocycles. The first-order chi connectivity index (χ1) is 9.30. The largest absolute Gasteiger partial charge is 0.281 e. The van der Waals surface area contributed by atoms with Gasteiger partial charge in [0.2, 0.25) is 0 Å². The highest BCUT2D eigenvalue weighted by Crippen LogP contribution is 2.22. The van der Waals surface area contributed by atoms with Crippen LogP contribution in [0.2, 0.25) is 0 Å². The molecule has 0 saturated heterocycles. The van der Waals surface area contributed by atoms with Crippen LogP contribution in [-0.4, -0.2) is 38.4 Å². The van der Waals surface area contributed by atoms with Crippen LogP contribution in [0.5, 0.6) is 0 Å². The van der Waals surface area contributed by atoms with Gasteiger partial charge >= 0.3 is 0 Å².